The van der Waals surface area contributed by atoms with Crippen molar-refractivity contribution < 1.29 is 18.7 Å². The second-order valence-corrected chi connectivity index (χ2v) is 8.38. The molecule has 30 heavy (non-hydrogen) atoms. The standard InChI is InChI=1S/C13H18FNO.C8H13NO2S.CH5N/c1-8(2)11-5-10(14)6-12(9(3)4)13(11)15-7-16;1-5-6(8(2,3)10)4-7(11-5)12-9;1-2/h5-9H,1-4H3,(H,15,16);4,10H,9H2,1-3H3;2H2,1H3. The van der Waals surface area contributed by atoms with Gasteiger partial charge in [-0.2, -0.15) is 0 Å². The Hall–Kier alpha value is -1.87. The van der Waals surface area contributed by atoms with Gasteiger partial charge in [-0.15, -0.1) is 0 Å². The number of anilines is 1. The van der Waals surface area contributed by atoms with Crippen LogP contribution in [-0.2, 0) is 10.4 Å². The number of hydrogen-bond donors (Lipinski definition) is 4. The molecule has 170 valence electrons. The van der Waals surface area contributed by atoms with Crippen LogP contribution in [0.25, 0.3) is 0 Å². The number of carbonyl (C=O) groups is 1. The number of nitrogens with two attached hydrogens (primary N) is 2. The van der Waals surface area contributed by atoms with Crippen LogP contribution in [0.2, 0.25) is 0 Å². The van der Waals surface area contributed by atoms with Crippen LogP contribution in [0.15, 0.2) is 27.7 Å². The molecule has 0 radical (unpaired) electrons. The Morgan fingerprint density at radius 3 is 1.87 bits per heavy atom. The van der Waals surface area contributed by atoms with Gasteiger partial charge in [0.2, 0.25) is 6.41 Å². The summed E-state index contributed by atoms with van der Waals surface area (Å²) in [6.45, 7) is 13.2. The lowest BCUT2D eigenvalue weighted by Gasteiger charge is -2.18. The maximum atomic E-state index is 13.5. The molecule has 1 aromatic heterocycles. The molecule has 0 aliphatic carbocycles. The molecule has 2 aromatic rings. The van der Waals surface area contributed by atoms with Crippen LogP contribution in [-0.4, -0.2) is 18.6 Å². The van der Waals surface area contributed by atoms with E-state index < -0.39 is 5.60 Å². The second kappa shape index (κ2) is 12.7. The van der Waals surface area contributed by atoms with Crippen molar-refractivity contribution in [3.63, 3.8) is 0 Å². The molecule has 0 bridgehead atoms. The minimum atomic E-state index is -0.860. The molecule has 6 N–H and O–H groups in total. The topological polar surface area (TPSA) is 115 Å². The molecule has 1 amide bonds. The van der Waals surface area contributed by atoms with Crippen molar-refractivity contribution in [2.75, 3.05) is 12.4 Å². The molecule has 0 saturated heterocycles. The molecule has 0 aliphatic heterocycles. The van der Waals surface area contributed by atoms with Crippen molar-refractivity contribution in [2.45, 2.75) is 71.0 Å². The smallest absolute Gasteiger partial charge is 0.211 e. The number of nitrogens with one attached hydrogen (secondary N) is 1. The summed E-state index contributed by atoms with van der Waals surface area (Å²) in [4.78, 5) is 10.6. The third kappa shape index (κ3) is 8.10. The van der Waals surface area contributed by atoms with Crippen molar-refractivity contribution in [1.82, 2.24) is 0 Å². The van der Waals surface area contributed by atoms with Crippen LogP contribution in [0.4, 0.5) is 10.1 Å². The van der Waals surface area contributed by atoms with Gasteiger partial charge in [-0.1, -0.05) is 27.7 Å². The van der Waals surface area contributed by atoms with Gasteiger partial charge >= 0.3 is 0 Å². The monoisotopic (exact) mass is 441 g/mol. The number of amides is 1. The highest BCUT2D eigenvalue weighted by molar-refractivity contribution is 7.96. The van der Waals surface area contributed by atoms with E-state index in [0.717, 1.165) is 40.1 Å². The fourth-order valence-electron chi connectivity index (χ4n) is 2.91. The van der Waals surface area contributed by atoms with Gasteiger partial charge in [0.1, 0.15) is 11.6 Å². The Bertz CT molecular complexity index is 770. The van der Waals surface area contributed by atoms with E-state index in [9.17, 15) is 14.3 Å². The zero-order chi connectivity index (χ0) is 23.6. The summed E-state index contributed by atoms with van der Waals surface area (Å²) in [5, 5.41) is 18.3. The molecular weight excluding hydrogens is 405 g/mol. The summed E-state index contributed by atoms with van der Waals surface area (Å²) >= 11 is 1.04. The summed E-state index contributed by atoms with van der Waals surface area (Å²) in [6, 6.07) is 4.74. The Labute approximate surface area is 183 Å². The Morgan fingerprint density at radius 2 is 1.60 bits per heavy atom. The van der Waals surface area contributed by atoms with Crippen LogP contribution in [0.1, 0.15) is 75.8 Å². The Kier molecular flexibility index (Phi) is 11.9. The minimum Gasteiger partial charge on any atom is -0.453 e. The molecule has 0 aliphatic rings. The highest BCUT2D eigenvalue weighted by atomic mass is 32.2. The van der Waals surface area contributed by atoms with Crippen LogP contribution in [0.5, 0.6) is 0 Å². The summed E-state index contributed by atoms with van der Waals surface area (Å²) in [5.74, 6) is 0.825. The van der Waals surface area contributed by atoms with Crippen molar-refractivity contribution in [1.29, 1.82) is 0 Å². The number of carbonyl (C=O) groups excluding carboxylic acids is 1. The Morgan fingerprint density at radius 1 is 1.13 bits per heavy atom. The van der Waals surface area contributed by atoms with Gasteiger partial charge < -0.3 is 20.6 Å². The predicted octanol–water partition coefficient (Wildman–Crippen LogP) is 5.00. The highest BCUT2D eigenvalue weighted by Gasteiger charge is 2.22. The van der Waals surface area contributed by atoms with Crippen LogP contribution in [0.3, 0.4) is 0 Å². The lowest BCUT2D eigenvalue weighted by Crippen LogP contribution is -2.15. The first-order valence-electron chi connectivity index (χ1n) is 9.73. The number of furan rings is 1. The fraction of sp³-hybridized carbons (Fsp3) is 0.500. The van der Waals surface area contributed by atoms with E-state index in [-0.39, 0.29) is 17.7 Å². The highest BCUT2D eigenvalue weighted by Crippen LogP contribution is 2.33. The van der Waals surface area contributed by atoms with E-state index in [0.29, 0.717) is 11.5 Å². The SMILES string of the molecule is CC(C)c1cc(F)cc(C(C)C)c1NC=O.CN.Cc1oc(SN)cc1C(C)(C)O. The first-order valence-corrected chi connectivity index (χ1v) is 10.6. The fourth-order valence-corrected chi connectivity index (χ4v) is 3.27. The van der Waals surface area contributed by atoms with Crippen LogP contribution < -0.4 is 16.2 Å². The number of benzene rings is 1. The Balaban J connectivity index is 0.000000535. The number of hydrogen-bond acceptors (Lipinski definition) is 6. The zero-order valence-corrected chi connectivity index (χ0v) is 20.0. The average Bonchev–Trinajstić information content (AvgIpc) is 3.06. The predicted molar refractivity (Wildman–Crippen MR) is 123 cm³/mol. The lowest BCUT2D eigenvalue weighted by atomic mass is 9.92. The van der Waals surface area contributed by atoms with Crippen molar-refractivity contribution in [3.8, 4) is 0 Å². The molecule has 6 nitrogen and oxygen atoms in total. The van der Waals surface area contributed by atoms with E-state index in [2.05, 4.69) is 11.1 Å². The third-order valence-corrected chi connectivity index (χ3v) is 4.72. The molecule has 0 fully saturated rings. The summed E-state index contributed by atoms with van der Waals surface area (Å²) in [6.07, 6.45) is 0.644. The van der Waals surface area contributed by atoms with Gasteiger partial charge in [0.15, 0.2) is 5.09 Å². The summed E-state index contributed by atoms with van der Waals surface area (Å²) in [7, 11) is 1.50. The molecule has 0 spiro atoms. The van der Waals surface area contributed by atoms with Crippen molar-refractivity contribution in [2.24, 2.45) is 10.9 Å². The minimum absolute atomic E-state index is 0.177. The molecule has 2 rings (SSSR count). The summed E-state index contributed by atoms with van der Waals surface area (Å²) in [5.41, 5.74) is 6.87. The van der Waals surface area contributed by atoms with Crippen molar-refractivity contribution in [3.05, 3.63) is 46.5 Å². The number of rotatable bonds is 6. The molecule has 0 atom stereocenters. The first-order chi connectivity index (χ1) is 13.9. The second-order valence-electron chi connectivity index (χ2n) is 7.74. The van der Waals surface area contributed by atoms with E-state index in [4.69, 9.17) is 9.56 Å². The van der Waals surface area contributed by atoms with Crippen molar-refractivity contribution >= 4 is 24.0 Å². The van der Waals surface area contributed by atoms with Crippen LogP contribution in [0, 0.1) is 12.7 Å². The van der Waals surface area contributed by atoms with Gasteiger partial charge in [-0.25, -0.2) is 4.39 Å². The van der Waals surface area contributed by atoms with E-state index in [1.807, 2.05) is 34.6 Å². The average molecular weight is 442 g/mol. The number of halogens is 1. The van der Waals surface area contributed by atoms with E-state index in [1.54, 1.807) is 19.9 Å². The number of aryl methyl sites for hydroxylation is 1. The molecule has 0 saturated carbocycles. The van der Waals surface area contributed by atoms with E-state index in [1.165, 1.54) is 19.2 Å². The van der Waals surface area contributed by atoms with Crippen LogP contribution >= 0.6 is 11.9 Å². The third-order valence-electron chi connectivity index (χ3n) is 4.28. The molecule has 0 unspecified atom stereocenters. The van der Waals surface area contributed by atoms with Gasteiger partial charge in [0.25, 0.3) is 0 Å². The quantitative estimate of drug-likeness (QED) is 0.371. The maximum absolute atomic E-state index is 13.5. The molecule has 1 aromatic carbocycles. The van der Waals surface area contributed by atoms with Gasteiger partial charge in [0.05, 0.1) is 5.60 Å². The zero-order valence-electron chi connectivity index (χ0n) is 19.2. The lowest BCUT2D eigenvalue weighted by molar-refractivity contribution is -0.105. The van der Waals surface area contributed by atoms with E-state index >= 15 is 0 Å². The molecule has 1 heterocycles. The maximum Gasteiger partial charge on any atom is 0.211 e. The van der Waals surface area contributed by atoms with Gasteiger partial charge in [-0.3, -0.25) is 9.93 Å². The number of aliphatic hydroxyl groups is 1. The molecular formula is C22H36FN3O3S. The summed E-state index contributed by atoms with van der Waals surface area (Å²) < 4.78 is 18.7. The first kappa shape index (κ1) is 28.1. The van der Waals surface area contributed by atoms with Gasteiger partial charge in [0, 0.05) is 11.3 Å². The normalized spacial score (nSPS) is 10.9. The van der Waals surface area contributed by atoms with Gasteiger partial charge in [-0.05, 0) is 80.9 Å². The largest absolute Gasteiger partial charge is 0.453 e. The molecule has 8 heteroatoms.